The minimum atomic E-state index is 1.02. The van der Waals surface area contributed by atoms with Crippen LogP contribution in [-0.4, -0.2) is 9.55 Å². The topological polar surface area (TPSA) is 17.8 Å². The standard InChI is InChI=1S/C12H14N2S/c15-12-6-2-1-4-11(12)5-3-8-14-9-7-13-10-14/h1-2,4,6-7,9-10,15H,3,5,8H2. The van der Waals surface area contributed by atoms with Gasteiger partial charge in [-0.15, -0.1) is 12.6 Å². The summed E-state index contributed by atoms with van der Waals surface area (Å²) in [7, 11) is 0. The Morgan fingerprint density at radius 2 is 2.13 bits per heavy atom. The Kier molecular flexibility index (Phi) is 3.45. The summed E-state index contributed by atoms with van der Waals surface area (Å²) in [6, 6.07) is 8.25. The van der Waals surface area contributed by atoms with Crippen molar-refractivity contribution in [3.05, 3.63) is 48.5 Å². The minimum absolute atomic E-state index is 1.02. The molecule has 0 unspecified atom stereocenters. The van der Waals surface area contributed by atoms with E-state index in [0.717, 1.165) is 24.3 Å². The predicted octanol–water partition coefficient (Wildman–Crippen LogP) is 2.80. The number of aromatic nitrogens is 2. The van der Waals surface area contributed by atoms with Crippen LogP contribution in [0.1, 0.15) is 12.0 Å². The zero-order chi connectivity index (χ0) is 10.5. The quantitative estimate of drug-likeness (QED) is 0.781. The van der Waals surface area contributed by atoms with E-state index in [2.05, 4.69) is 34.3 Å². The molecule has 1 aromatic heterocycles. The van der Waals surface area contributed by atoms with E-state index in [9.17, 15) is 0 Å². The fraction of sp³-hybridized carbons (Fsp3) is 0.250. The summed E-state index contributed by atoms with van der Waals surface area (Å²) in [5.41, 5.74) is 1.32. The molecular formula is C12H14N2S. The molecule has 0 N–H and O–H groups in total. The lowest BCUT2D eigenvalue weighted by Crippen LogP contribution is -1.97. The lowest BCUT2D eigenvalue weighted by atomic mass is 10.1. The summed E-state index contributed by atoms with van der Waals surface area (Å²) < 4.78 is 2.10. The average molecular weight is 218 g/mol. The van der Waals surface area contributed by atoms with Gasteiger partial charge in [0.1, 0.15) is 0 Å². The van der Waals surface area contributed by atoms with E-state index in [1.165, 1.54) is 5.56 Å². The number of aryl methyl sites for hydroxylation is 2. The first-order chi connectivity index (χ1) is 7.36. The van der Waals surface area contributed by atoms with Crippen molar-refractivity contribution < 1.29 is 0 Å². The van der Waals surface area contributed by atoms with Gasteiger partial charge in [-0.25, -0.2) is 4.98 Å². The molecule has 0 saturated carbocycles. The molecule has 2 aromatic rings. The molecule has 0 fully saturated rings. The minimum Gasteiger partial charge on any atom is -0.337 e. The zero-order valence-electron chi connectivity index (χ0n) is 8.50. The van der Waals surface area contributed by atoms with Gasteiger partial charge in [0.2, 0.25) is 0 Å². The first kappa shape index (κ1) is 10.3. The summed E-state index contributed by atoms with van der Waals surface area (Å²) in [4.78, 5) is 5.10. The van der Waals surface area contributed by atoms with Crippen molar-refractivity contribution in [1.82, 2.24) is 9.55 Å². The van der Waals surface area contributed by atoms with Crippen LogP contribution < -0.4 is 0 Å². The molecule has 1 aromatic carbocycles. The summed E-state index contributed by atoms with van der Waals surface area (Å²) in [6.07, 6.45) is 7.84. The molecule has 1 heterocycles. The Labute approximate surface area is 95.4 Å². The highest BCUT2D eigenvalue weighted by atomic mass is 32.1. The van der Waals surface area contributed by atoms with Gasteiger partial charge in [-0.1, -0.05) is 18.2 Å². The van der Waals surface area contributed by atoms with Gasteiger partial charge in [0, 0.05) is 23.8 Å². The number of hydrogen-bond donors (Lipinski definition) is 1. The molecule has 2 nitrogen and oxygen atoms in total. The predicted molar refractivity (Wildman–Crippen MR) is 64.2 cm³/mol. The van der Waals surface area contributed by atoms with Gasteiger partial charge in [0.25, 0.3) is 0 Å². The van der Waals surface area contributed by atoms with Gasteiger partial charge in [-0.3, -0.25) is 0 Å². The molecule has 3 heteroatoms. The van der Waals surface area contributed by atoms with E-state index in [0.29, 0.717) is 0 Å². The number of imidazole rings is 1. The fourth-order valence-electron chi connectivity index (χ4n) is 1.59. The third-order valence-electron chi connectivity index (χ3n) is 2.41. The second-order valence-electron chi connectivity index (χ2n) is 3.53. The first-order valence-electron chi connectivity index (χ1n) is 5.09. The van der Waals surface area contributed by atoms with Crippen molar-refractivity contribution in [1.29, 1.82) is 0 Å². The molecular weight excluding hydrogens is 204 g/mol. The van der Waals surface area contributed by atoms with E-state index in [1.54, 1.807) is 0 Å². The number of nitrogens with zero attached hydrogens (tertiary/aromatic N) is 2. The first-order valence-corrected chi connectivity index (χ1v) is 5.53. The highest BCUT2D eigenvalue weighted by Gasteiger charge is 1.97. The summed E-state index contributed by atoms with van der Waals surface area (Å²) in [5, 5.41) is 0. The molecule has 0 aliphatic heterocycles. The summed E-state index contributed by atoms with van der Waals surface area (Å²) in [5.74, 6) is 0. The van der Waals surface area contributed by atoms with Crippen LogP contribution in [0, 0.1) is 0 Å². The van der Waals surface area contributed by atoms with Gasteiger partial charge >= 0.3 is 0 Å². The molecule has 0 atom stereocenters. The monoisotopic (exact) mass is 218 g/mol. The molecule has 0 radical (unpaired) electrons. The van der Waals surface area contributed by atoms with E-state index in [1.807, 2.05) is 30.9 Å². The number of benzene rings is 1. The van der Waals surface area contributed by atoms with E-state index in [4.69, 9.17) is 0 Å². The summed E-state index contributed by atoms with van der Waals surface area (Å²) in [6.45, 7) is 1.02. The SMILES string of the molecule is Sc1ccccc1CCCn1ccnc1. The second-order valence-corrected chi connectivity index (χ2v) is 4.01. The van der Waals surface area contributed by atoms with Gasteiger partial charge in [0.05, 0.1) is 6.33 Å². The van der Waals surface area contributed by atoms with Gasteiger partial charge in [-0.05, 0) is 24.5 Å². The third kappa shape index (κ3) is 2.86. The van der Waals surface area contributed by atoms with Gasteiger partial charge in [0.15, 0.2) is 0 Å². The lowest BCUT2D eigenvalue weighted by molar-refractivity contribution is 0.639. The fourth-order valence-corrected chi connectivity index (χ4v) is 1.87. The molecule has 0 bridgehead atoms. The molecule has 0 spiro atoms. The lowest BCUT2D eigenvalue weighted by Gasteiger charge is -2.05. The van der Waals surface area contributed by atoms with Crippen LogP contribution in [0.2, 0.25) is 0 Å². The number of thiol groups is 1. The highest BCUT2D eigenvalue weighted by Crippen LogP contribution is 2.14. The summed E-state index contributed by atoms with van der Waals surface area (Å²) >= 11 is 4.43. The third-order valence-corrected chi connectivity index (χ3v) is 2.85. The molecule has 15 heavy (non-hydrogen) atoms. The van der Waals surface area contributed by atoms with Crippen molar-refractivity contribution in [3.8, 4) is 0 Å². The Bertz CT molecular complexity index is 409. The van der Waals surface area contributed by atoms with Crippen LogP contribution >= 0.6 is 12.6 Å². The molecule has 0 saturated heterocycles. The number of hydrogen-bond acceptors (Lipinski definition) is 2. The maximum atomic E-state index is 4.43. The molecule has 2 rings (SSSR count). The normalized spacial score (nSPS) is 10.5. The van der Waals surface area contributed by atoms with E-state index < -0.39 is 0 Å². The Morgan fingerprint density at radius 3 is 2.87 bits per heavy atom. The number of rotatable bonds is 4. The highest BCUT2D eigenvalue weighted by molar-refractivity contribution is 7.80. The maximum absolute atomic E-state index is 4.43. The van der Waals surface area contributed by atoms with Crippen LogP contribution in [0.4, 0.5) is 0 Å². The Hall–Kier alpha value is -1.22. The molecule has 0 aliphatic carbocycles. The zero-order valence-corrected chi connectivity index (χ0v) is 9.40. The average Bonchev–Trinajstić information content (AvgIpc) is 2.74. The largest absolute Gasteiger partial charge is 0.337 e. The van der Waals surface area contributed by atoms with Crippen molar-refractivity contribution in [2.45, 2.75) is 24.3 Å². The van der Waals surface area contributed by atoms with Crippen molar-refractivity contribution >= 4 is 12.6 Å². The van der Waals surface area contributed by atoms with Gasteiger partial charge in [-0.2, -0.15) is 0 Å². The van der Waals surface area contributed by atoms with Crippen LogP contribution in [0.3, 0.4) is 0 Å². The van der Waals surface area contributed by atoms with Crippen LogP contribution in [0.5, 0.6) is 0 Å². The second kappa shape index (κ2) is 5.03. The van der Waals surface area contributed by atoms with Crippen LogP contribution in [-0.2, 0) is 13.0 Å². The molecule has 0 aliphatic rings. The van der Waals surface area contributed by atoms with Gasteiger partial charge < -0.3 is 4.57 Å². The van der Waals surface area contributed by atoms with E-state index in [-0.39, 0.29) is 0 Å². The Balaban J connectivity index is 1.86. The van der Waals surface area contributed by atoms with Crippen LogP contribution in [0.25, 0.3) is 0 Å². The van der Waals surface area contributed by atoms with Crippen molar-refractivity contribution in [3.63, 3.8) is 0 Å². The molecule has 78 valence electrons. The molecule has 0 amide bonds. The van der Waals surface area contributed by atoms with E-state index >= 15 is 0 Å². The smallest absolute Gasteiger partial charge is 0.0945 e. The van der Waals surface area contributed by atoms with Crippen molar-refractivity contribution in [2.75, 3.05) is 0 Å². The Morgan fingerprint density at radius 1 is 1.27 bits per heavy atom. The maximum Gasteiger partial charge on any atom is 0.0945 e. The van der Waals surface area contributed by atoms with Crippen LogP contribution in [0.15, 0.2) is 47.9 Å². The van der Waals surface area contributed by atoms with Crippen molar-refractivity contribution in [2.24, 2.45) is 0 Å².